The quantitative estimate of drug-likeness (QED) is 0.297. The van der Waals surface area contributed by atoms with Crippen LogP contribution in [0.3, 0.4) is 0 Å². The largest absolute Gasteiger partial charge is 0.377 e. The molecule has 0 bridgehead atoms. The van der Waals surface area contributed by atoms with Crippen LogP contribution in [-0.4, -0.2) is 62.3 Å². The second-order valence-electron chi connectivity index (χ2n) is 8.19. The Morgan fingerprint density at radius 1 is 1.17 bits per heavy atom. The molecular formula is C23H41IN4O. The zero-order valence-electron chi connectivity index (χ0n) is 19.0. The van der Waals surface area contributed by atoms with Gasteiger partial charge in [-0.2, -0.15) is 0 Å². The Kier molecular flexibility index (Phi) is 12.8. The molecule has 1 saturated heterocycles. The van der Waals surface area contributed by atoms with Gasteiger partial charge in [0.15, 0.2) is 5.96 Å². The predicted octanol–water partition coefficient (Wildman–Crippen LogP) is 3.91. The Morgan fingerprint density at radius 3 is 2.41 bits per heavy atom. The van der Waals surface area contributed by atoms with Gasteiger partial charge >= 0.3 is 0 Å². The number of guanidine groups is 1. The molecule has 6 heteroatoms. The number of ether oxygens (including phenoxy) is 1. The summed E-state index contributed by atoms with van der Waals surface area (Å²) in [6.45, 7) is 16.5. The smallest absolute Gasteiger partial charge is 0.191 e. The minimum atomic E-state index is 0. The zero-order valence-corrected chi connectivity index (χ0v) is 21.3. The highest BCUT2D eigenvalue weighted by Gasteiger charge is 2.19. The average Bonchev–Trinajstić information content (AvgIpc) is 2.62. The molecule has 0 aliphatic carbocycles. The number of nitrogens with one attached hydrogen (secondary N) is 2. The lowest BCUT2D eigenvalue weighted by Crippen LogP contribution is -2.49. The van der Waals surface area contributed by atoms with Crippen molar-refractivity contribution in [2.24, 2.45) is 4.99 Å². The Hall–Kier alpha value is -0.860. The molecule has 2 N–H and O–H groups in total. The van der Waals surface area contributed by atoms with Gasteiger partial charge in [0, 0.05) is 38.8 Å². The summed E-state index contributed by atoms with van der Waals surface area (Å²) >= 11 is 0. The maximum atomic E-state index is 5.68. The van der Waals surface area contributed by atoms with Crippen LogP contribution >= 0.6 is 24.0 Å². The fourth-order valence-electron chi connectivity index (χ4n) is 3.74. The molecule has 1 aliphatic rings. The van der Waals surface area contributed by atoms with E-state index < -0.39 is 0 Å². The van der Waals surface area contributed by atoms with Crippen LogP contribution in [0.2, 0.25) is 0 Å². The molecule has 1 aliphatic heterocycles. The van der Waals surface area contributed by atoms with Crippen molar-refractivity contribution in [2.75, 3.05) is 39.3 Å². The third-order valence-corrected chi connectivity index (χ3v) is 5.08. The maximum absolute atomic E-state index is 5.68. The summed E-state index contributed by atoms with van der Waals surface area (Å²) in [5.41, 5.74) is 4.03. The number of benzene rings is 1. The summed E-state index contributed by atoms with van der Waals surface area (Å²) in [4.78, 5) is 7.32. The van der Waals surface area contributed by atoms with Crippen molar-refractivity contribution < 1.29 is 4.74 Å². The highest BCUT2D eigenvalue weighted by Crippen LogP contribution is 2.11. The molecule has 5 nitrogen and oxygen atoms in total. The summed E-state index contributed by atoms with van der Waals surface area (Å²) in [6, 6.07) is 7.25. The van der Waals surface area contributed by atoms with E-state index in [1.54, 1.807) is 0 Å². The number of rotatable bonds is 9. The van der Waals surface area contributed by atoms with Crippen molar-refractivity contribution in [3.05, 3.63) is 34.9 Å². The molecule has 0 atom stereocenters. The molecule has 1 heterocycles. The third kappa shape index (κ3) is 10.6. The number of aryl methyl sites for hydroxylation is 2. The van der Waals surface area contributed by atoms with Crippen molar-refractivity contribution in [3.63, 3.8) is 0 Å². The number of piperidine rings is 1. The number of halogens is 1. The van der Waals surface area contributed by atoms with Crippen LogP contribution in [0.25, 0.3) is 0 Å². The lowest BCUT2D eigenvalue weighted by atomic mass is 10.1. The molecular weight excluding hydrogens is 475 g/mol. The van der Waals surface area contributed by atoms with Crippen molar-refractivity contribution in [1.29, 1.82) is 0 Å². The summed E-state index contributed by atoms with van der Waals surface area (Å²) < 4.78 is 5.68. The number of hydrogen-bond donors (Lipinski definition) is 2. The van der Waals surface area contributed by atoms with Gasteiger partial charge in [0.2, 0.25) is 0 Å². The Bertz CT molecular complexity index is 593. The van der Waals surface area contributed by atoms with Gasteiger partial charge in [-0.25, -0.2) is 0 Å². The van der Waals surface area contributed by atoms with E-state index in [2.05, 4.69) is 68.4 Å². The first-order valence-electron chi connectivity index (χ1n) is 10.9. The van der Waals surface area contributed by atoms with Gasteiger partial charge in [0.05, 0.1) is 12.7 Å². The summed E-state index contributed by atoms with van der Waals surface area (Å²) in [6.07, 6.45) is 3.61. The Morgan fingerprint density at radius 2 is 1.83 bits per heavy atom. The van der Waals surface area contributed by atoms with Crippen LogP contribution in [0.15, 0.2) is 23.2 Å². The van der Waals surface area contributed by atoms with Crippen molar-refractivity contribution >= 4 is 29.9 Å². The van der Waals surface area contributed by atoms with Crippen LogP contribution in [-0.2, 0) is 11.2 Å². The first-order chi connectivity index (χ1) is 13.5. The van der Waals surface area contributed by atoms with Crippen molar-refractivity contribution in [2.45, 2.75) is 66.0 Å². The second kappa shape index (κ2) is 14.2. The van der Waals surface area contributed by atoms with E-state index in [0.29, 0.717) is 12.1 Å². The van der Waals surface area contributed by atoms with Crippen LogP contribution < -0.4 is 10.6 Å². The molecule has 29 heavy (non-hydrogen) atoms. The predicted molar refractivity (Wildman–Crippen MR) is 135 cm³/mol. The van der Waals surface area contributed by atoms with Gasteiger partial charge in [-0.1, -0.05) is 29.3 Å². The molecule has 0 spiro atoms. The molecule has 1 aromatic rings. The van der Waals surface area contributed by atoms with E-state index >= 15 is 0 Å². The third-order valence-electron chi connectivity index (χ3n) is 5.08. The molecule has 2 rings (SSSR count). The molecule has 0 amide bonds. The minimum Gasteiger partial charge on any atom is -0.377 e. The number of hydrogen-bond acceptors (Lipinski definition) is 3. The van der Waals surface area contributed by atoms with E-state index in [0.717, 1.165) is 64.6 Å². The highest BCUT2D eigenvalue weighted by molar-refractivity contribution is 14.0. The molecule has 0 radical (unpaired) electrons. The van der Waals surface area contributed by atoms with E-state index in [-0.39, 0.29) is 24.0 Å². The zero-order chi connectivity index (χ0) is 20.4. The van der Waals surface area contributed by atoms with Gasteiger partial charge in [-0.05, 0) is 59.4 Å². The molecule has 166 valence electrons. The van der Waals surface area contributed by atoms with Crippen LogP contribution in [0.4, 0.5) is 0 Å². The van der Waals surface area contributed by atoms with E-state index in [4.69, 9.17) is 9.73 Å². The highest BCUT2D eigenvalue weighted by atomic mass is 127. The Balaban J connectivity index is 0.00000420. The molecule has 0 unspecified atom stereocenters. The summed E-state index contributed by atoms with van der Waals surface area (Å²) in [5, 5.41) is 7.04. The first-order valence-corrected chi connectivity index (χ1v) is 10.9. The van der Waals surface area contributed by atoms with Gasteiger partial charge in [0.25, 0.3) is 0 Å². The average molecular weight is 517 g/mol. The number of likely N-dealkylation sites (tertiary alicyclic amines) is 1. The van der Waals surface area contributed by atoms with Crippen molar-refractivity contribution in [1.82, 2.24) is 15.5 Å². The van der Waals surface area contributed by atoms with Gasteiger partial charge in [0.1, 0.15) is 0 Å². The first kappa shape index (κ1) is 26.2. The van der Waals surface area contributed by atoms with Gasteiger partial charge < -0.3 is 20.3 Å². The fourth-order valence-corrected chi connectivity index (χ4v) is 3.74. The SMILES string of the molecule is CCNC(=NCCc1cc(C)cc(C)c1)NC1CCN(CCOC(C)C)CC1.I. The van der Waals surface area contributed by atoms with E-state index in [1.807, 2.05) is 0 Å². The maximum Gasteiger partial charge on any atom is 0.191 e. The summed E-state index contributed by atoms with van der Waals surface area (Å²) in [5.74, 6) is 0.952. The van der Waals surface area contributed by atoms with Gasteiger partial charge in [-0.15, -0.1) is 24.0 Å². The van der Waals surface area contributed by atoms with Crippen molar-refractivity contribution in [3.8, 4) is 0 Å². The van der Waals surface area contributed by atoms with Crippen LogP contribution in [0, 0.1) is 13.8 Å². The monoisotopic (exact) mass is 516 g/mol. The van der Waals surface area contributed by atoms with E-state index in [1.165, 1.54) is 16.7 Å². The molecule has 0 saturated carbocycles. The fraction of sp³-hybridized carbons (Fsp3) is 0.696. The normalized spacial score (nSPS) is 16.0. The van der Waals surface area contributed by atoms with Crippen LogP contribution in [0.1, 0.15) is 50.3 Å². The minimum absolute atomic E-state index is 0. The molecule has 1 aromatic carbocycles. The number of aliphatic imine (C=N–C) groups is 1. The lowest BCUT2D eigenvalue weighted by molar-refractivity contribution is 0.0532. The van der Waals surface area contributed by atoms with Gasteiger partial charge in [-0.3, -0.25) is 4.99 Å². The van der Waals surface area contributed by atoms with Crippen LogP contribution in [0.5, 0.6) is 0 Å². The standard InChI is InChI=1S/C23H40N4O.HI/c1-6-24-23(25-10-7-21-16-19(4)15-20(5)17-21)26-22-8-11-27(12-9-22)13-14-28-18(2)3;/h15-18,22H,6-14H2,1-5H3,(H2,24,25,26);1H. The molecule has 1 fully saturated rings. The van der Waals surface area contributed by atoms with E-state index in [9.17, 15) is 0 Å². The Labute approximate surface area is 195 Å². The summed E-state index contributed by atoms with van der Waals surface area (Å²) in [7, 11) is 0. The lowest BCUT2D eigenvalue weighted by Gasteiger charge is -2.33. The number of nitrogens with zero attached hydrogens (tertiary/aromatic N) is 2. The second-order valence-corrected chi connectivity index (χ2v) is 8.19. The topological polar surface area (TPSA) is 48.9 Å². The molecule has 0 aromatic heterocycles.